The number of unbranched alkanes of at least 4 members (excludes halogenated alkanes) is 1. The van der Waals surface area contributed by atoms with E-state index >= 15 is 0 Å². The first-order chi connectivity index (χ1) is 8.96. The van der Waals surface area contributed by atoms with Crippen molar-refractivity contribution in [3.8, 4) is 0 Å². The molecule has 1 unspecified atom stereocenters. The highest BCUT2D eigenvalue weighted by atomic mass is 16.4. The van der Waals surface area contributed by atoms with Crippen LogP contribution in [0.1, 0.15) is 39.5 Å². The van der Waals surface area contributed by atoms with Crippen LogP contribution in [0.2, 0.25) is 0 Å². The van der Waals surface area contributed by atoms with Crippen LogP contribution in [-0.2, 0) is 4.79 Å². The van der Waals surface area contributed by atoms with E-state index in [0.717, 1.165) is 25.7 Å². The fourth-order valence-electron chi connectivity index (χ4n) is 1.25. The van der Waals surface area contributed by atoms with Crippen molar-refractivity contribution in [2.45, 2.75) is 39.5 Å². The Kier molecular flexibility index (Phi) is 13.4. The number of aliphatic carboxylic acids is 1. The van der Waals surface area contributed by atoms with Crippen molar-refractivity contribution in [1.29, 1.82) is 0 Å². The molecule has 0 amide bonds. The van der Waals surface area contributed by atoms with E-state index in [1.807, 2.05) is 6.92 Å². The van der Waals surface area contributed by atoms with E-state index in [9.17, 15) is 4.79 Å². The zero-order valence-electron chi connectivity index (χ0n) is 11.9. The summed E-state index contributed by atoms with van der Waals surface area (Å²) in [6, 6.07) is 0. The van der Waals surface area contributed by atoms with Gasteiger partial charge in [-0.25, -0.2) is 0 Å². The minimum atomic E-state index is -1.11. The largest absolute Gasteiger partial charge is 0.481 e. The van der Waals surface area contributed by atoms with Gasteiger partial charge in [0.2, 0.25) is 0 Å². The number of hydrogen-bond donors (Lipinski definition) is 5. The molecular formula is C13H28O6. The molecule has 0 rings (SSSR count). The van der Waals surface area contributed by atoms with E-state index in [1.165, 1.54) is 0 Å². The molecule has 0 aromatic carbocycles. The second kappa shape index (κ2) is 12.3. The summed E-state index contributed by atoms with van der Waals surface area (Å²) in [4.78, 5) is 10.4. The Hall–Kier alpha value is -0.690. The molecule has 0 aliphatic carbocycles. The molecule has 0 heterocycles. The van der Waals surface area contributed by atoms with Gasteiger partial charge in [-0.3, -0.25) is 4.79 Å². The number of hydrogen-bond acceptors (Lipinski definition) is 5. The molecule has 5 N–H and O–H groups in total. The van der Waals surface area contributed by atoms with Crippen LogP contribution in [0.4, 0.5) is 0 Å². The number of aliphatic hydroxyl groups is 4. The minimum Gasteiger partial charge on any atom is -0.481 e. The van der Waals surface area contributed by atoms with Crippen molar-refractivity contribution in [2.24, 2.45) is 11.3 Å². The predicted molar refractivity (Wildman–Crippen MR) is 71.7 cm³/mol. The maximum atomic E-state index is 10.4. The molecule has 0 aliphatic heterocycles. The molecule has 6 heteroatoms. The van der Waals surface area contributed by atoms with E-state index < -0.39 is 37.8 Å². The van der Waals surface area contributed by atoms with E-state index in [1.54, 1.807) is 0 Å². The number of aliphatic hydroxyl groups excluding tert-OH is 4. The molecular weight excluding hydrogens is 252 g/mol. The van der Waals surface area contributed by atoms with Gasteiger partial charge in [-0.1, -0.05) is 26.7 Å². The van der Waals surface area contributed by atoms with E-state index in [4.69, 9.17) is 25.5 Å². The lowest BCUT2D eigenvalue weighted by atomic mass is 9.93. The fraction of sp³-hybridized carbons (Fsp3) is 0.923. The molecule has 6 nitrogen and oxygen atoms in total. The predicted octanol–water partition coefficient (Wildman–Crippen LogP) is 0.229. The highest BCUT2D eigenvalue weighted by molar-refractivity contribution is 5.69. The van der Waals surface area contributed by atoms with Crippen molar-refractivity contribution in [1.82, 2.24) is 0 Å². The van der Waals surface area contributed by atoms with Gasteiger partial charge in [-0.15, -0.1) is 0 Å². The van der Waals surface area contributed by atoms with Crippen LogP contribution in [0.15, 0.2) is 0 Å². The first-order valence-electron chi connectivity index (χ1n) is 6.63. The van der Waals surface area contributed by atoms with Gasteiger partial charge in [0.25, 0.3) is 0 Å². The second-order valence-corrected chi connectivity index (χ2v) is 4.72. The van der Waals surface area contributed by atoms with Crippen molar-refractivity contribution >= 4 is 5.97 Å². The summed E-state index contributed by atoms with van der Waals surface area (Å²) in [5.74, 6) is -0.754. The van der Waals surface area contributed by atoms with Crippen LogP contribution < -0.4 is 0 Å². The molecule has 0 radical (unpaired) electrons. The third kappa shape index (κ3) is 8.93. The SMILES string of the molecule is CCCCC(CC)C(=O)O.OCC(CO)(CO)CO. The van der Waals surface area contributed by atoms with Crippen LogP contribution in [-0.4, -0.2) is 57.9 Å². The van der Waals surface area contributed by atoms with Crippen molar-refractivity contribution < 1.29 is 30.3 Å². The van der Waals surface area contributed by atoms with Gasteiger partial charge >= 0.3 is 5.97 Å². The van der Waals surface area contributed by atoms with E-state index in [2.05, 4.69) is 6.92 Å². The Balaban J connectivity index is 0. The maximum absolute atomic E-state index is 10.4. The first-order valence-corrected chi connectivity index (χ1v) is 6.63. The van der Waals surface area contributed by atoms with Gasteiger partial charge in [0.1, 0.15) is 0 Å². The van der Waals surface area contributed by atoms with Crippen LogP contribution in [0.25, 0.3) is 0 Å². The standard InChI is InChI=1S/C8H16O2.C5H12O4/c1-3-5-6-7(4-2)8(9)10;6-1-5(2-7,3-8)4-9/h7H,3-6H2,1-2H3,(H,9,10);6-9H,1-4H2. The Morgan fingerprint density at radius 1 is 1.00 bits per heavy atom. The molecule has 0 fully saturated rings. The summed E-state index contributed by atoms with van der Waals surface area (Å²) in [7, 11) is 0. The zero-order valence-corrected chi connectivity index (χ0v) is 11.9. The summed E-state index contributed by atoms with van der Waals surface area (Å²) < 4.78 is 0. The monoisotopic (exact) mass is 280 g/mol. The lowest BCUT2D eigenvalue weighted by Crippen LogP contribution is -2.37. The third-order valence-corrected chi connectivity index (χ3v) is 3.09. The fourth-order valence-corrected chi connectivity index (χ4v) is 1.25. The Bertz CT molecular complexity index is 198. The zero-order chi connectivity index (χ0) is 15.3. The number of carboxylic acid groups (broad SMARTS) is 1. The normalized spacial score (nSPS) is 12.5. The lowest BCUT2D eigenvalue weighted by molar-refractivity contribution is -0.142. The van der Waals surface area contributed by atoms with Crippen molar-refractivity contribution in [3.63, 3.8) is 0 Å². The maximum Gasteiger partial charge on any atom is 0.306 e. The molecule has 0 spiro atoms. The first kappa shape index (κ1) is 20.6. The van der Waals surface area contributed by atoms with Crippen LogP contribution in [0.3, 0.4) is 0 Å². The molecule has 0 saturated heterocycles. The van der Waals surface area contributed by atoms with Gasteiger partial charge in [-0.05, 0) is 12.8 Å². The molecule has 0 aliphatic rings. The summed E-state index contributed by atoms with van der Waals surface area (Å²) in [6.45, 7) is 2.38. The Labute approximate surface area is 114 Å². The molecule has 0 aromatic rings. The highest BCUT2D eigenvalue weighted by Gasteiger charge is 2.26. The lowest BCUT2D eigenvalue weighted by Gasteiger charge is -2.23. The molecule has 19 heavy (non-hydrogen) atoms. The van der Waals surface area contributed by atoms with Gasteiger partial charge in [-0.2, -0.15) is 0 Å². The molecule has 0 saturated carbocycles. The summed E-state index contributed by atoms with van der Waals surface area (Å²) in [5.41, 5.74) is -1.11. The van der Waals surface area contributed by atoms with E-state index in [0.29, 0.717) is 0 Å². The topological polar surface area (TPSA) is 118 Å². The van der Waals surface area contributed by atoms with Crippen LogP contribution in [0, 0.1) is 11.3 Å². The van der Waals surface area contributed by atoms with E-state index in [-0.39, 0.29) is 5.92 Å². The second-order valence-electron chi connectivity index (χ2n) is 4.72. The quantitative estimate of drug-likeness (QED) is 0.412. The molecule has 1 atom stereocenters. The van der Waals surface area contributed by atoms with Crippen molar-refractivity contribution in [2.75, 3.05) is 26.4 Å². The highest BCUT2D eigenvalue weighted by Crippen LogP contribution is 2.12. The van der Waals surface area contributed by atoms with Gasteiger partial charge in [0.05, 0.1) is 37.8 Å². The molecule has 0 bridgehead atoms. The van der Waals surface area contributed by atoms with Crippen LogP contribution >= 0.6 is 0 Å². The molecule has 116 valence electrons. The van der Waals surface area contributed by atoms with Crippen LogP contribution in [0.5, 0.6) is 0 Å². The van der Waals surface area contributed by atoms with Crippen molar-refractivity contribution in [3.05, 3.63) is 0 Å². The van der Waals surface area contributed by atoms with Gasteiger partial charge < -0.3 is 25.5 Å². The average Bonchev–Trinajstić information content (AvgIpc) is 2.43. The smallest absolute Gasteiger partial charge is 0.306 e. The summed E-state index contributed by atoms with van der Waals surface area (Å²) in [5, 5.41) is 42.6. The summed E-state index contributed by atoms with van der Waals surface area (Å²) >= 11 is 0. The number of carboxylic acids is 1. The van der Waals surface area contributed by atoms with Gasteiger partial charge in [0, 0.05) is 0 Å². The molecule has 0 aromatic heterocycles. The Morgan fingerprint density at radius 2 is 1.42 bits per heavy atom. The Morgan fingerprint density at radius 3 is 1.58 bits per heavy atom. The minimum absolute atomic E-state index is 0.111. The summed E-state index contributed by atoms with van der Waals surface area (Å²) in [6.07, 6.45) is 3.71. The van der Waals surface area contributed by atoms with Gasteiger partial charge in [0.15, 0.2) is 0 Å². The number of rotatable bonds is 9. The average molecular weight is 280 g/mol. The third-order valence-electron chi connectivity index (χ3n) is 3.09. The number of carbonyl (C=O) groups is 1.